The summed E-state index contributed by atoms with van der Waals surface area (Å²) in [7, 11) is 1.62. The molecular weight excluding hydrogens is 386 g/mol. The molecule has 0 atom stereocenters. The molecule has 0 aliphatic heterocycles. The van der Waals surface area contributed by atoms with Gasteiger partial charge in [-0.3, -0.25) is 0 Å². The fourth-order valence-electron chi connectivity index (χ4n) is 2.89. The smallest absolute Gasteiger partial charge is 0.180 e. The third kappa shape index (κ3) is 5.81. The van der Waals surface area contributed by atoms with Gasteiger partial charge < -0.3 is 19.5 Å². The predicted octanol–water partition coefficient (Wildman–Crippen LogP) is 6.25. The van der Waals surface area contributed by atoms with E-state index in [1.807, 2.05) is 55.5 Å². The minimum Gasteiger partial charge on any atom is -0.494 e. The van der Waals surface area contributed by atoms with E-state index in [0.29, 0.717) is 36.3 Å². The quantitative estimate of drug-likeness (QED) is 0.452. The van der Waals surface area contributed by atoms with E-state index in [-0.39, 0.29) is 0 Å². The van der Waals surface area contributed by atoms with Crippen LogP contribution in [0.2, 0.25) is 5.02 Å². The summed E-state index contributed by atoms with van der Waals surface area (Å²) < 4.78 is 16.9. The summed E-state index contributed by atoms with van der Waals surface area (Å²) in [5.74, 6) is 2.03. The number of anilines is 1. The lowest BCUT2D eigenvalue weighted by Gasteiger charge is -2.15. The molecule has 0 bridgehead atoms. The lowest BCUT2D eigenvalue weighted by atomic mass is 10.1. The number of benzene rings is 3. The van der Waals surface area contributed by atoms with Crippen molar-refractivity contribution < 1.29 is 14.2 Å². The number of hydrogen-bond donors (Lipinski definition) is 1. The molecule has 0 saturated heterocycles. The van der Waals surface area contributed by atoms with Crippen molar-refractivity contribution in [2.24, 2.45) is 0 Å². The second-order valence-corrected chi connectivity index (χ2v) is 7.10. The first-order chi connectivity index (χ1) is 14.1. The first-order valence-electron chi connectivity index (χ1n) is 9.60. The van der Waals surface area contributed by atoms with Crippen molar-refractivity contribution in [1.82, 2.24) is 0 Å². The van der Waals surface area contributed by atoms with E-state index in [0.717, 1.165) is 22.6 Å². The van der Waals surface area contributed by atoms with Gasteiger partial charge in [0.1, 0.15) is 12.4 Å². The third-order valence-corrected chi connectivity index (χ3v) is 4.74. The minimum absolute atomic E-state index is 0.431. The van der Waals surface area contributed by atoms with Crippen molar-refractivity contribution in [3.05, 3.63) is 82.4 Å². The van der Waals surface area contributed by atoms with Crippen LogP contribution in [0, 0.1) is 6.92 Å². The zero-order valence-corrected chi connectivity index (χ0v) is 17.8. The Balaban J connectivity index is 1.66. The van der Waals surface area contributed by atoms with Crippen LogP contribution in [0.4, 0.5) is 5.69 Å². The first-order valence-corrected chi connectivity index (χ1v) is 9.98. The minimum atomic E-state index is 0.431. The van der Waals surface area contributed by atoms with Gasteiger partial charge in [-0.25, -0.2) is 0 Å². The van der Waals surface area contributed by atoms with Crippen LogP contribution in [0.15, 0.2) is 60.7 Å². The summed E-state index contributed by atoms with van der Waals surface area (Å²) in [4.78, 5) is 0. The Labute approximate surface area is 177 Å². The van der Waals surface area contributed by atoms with Gasteiger partial charge in [-0.2, -0.15) is 0 Å². The molecule has 0 aromatic heterocycles. The van der Waals surface area contributed by atoms with Crippen LogP contribution < -0.4 is 19.5 Å². The first kappa shape index (κ1) is 20.9. The number of methoxy groups -OCH3 is 1. The molecular formula is C24H26ClNO3. The molecule has 3 aromatic rings. The maximum Gasteiger partial charge on any atom is 0.180 e. The molecule has 5 heteroatoms. The summed E-state index contributed by atoms with van der Waals surface area (Å²) in [5.41, 5.74) is 4.30. The zero-order chi connectivity index (χ0) is 20.6. The Morgan fingerprint density at radius 1 is 0.897 bits per heavy atom. The van der Waals surface area contributed by atoms with Crippen LogP contribution in [0.25, 0.3) is 0 Å². The SMILES string of the molecule is CCOc1ccc(NCc2cc(Cl)c(OCc3ccc(C)cc3)c(OC)c2)cc1. The number of ether oxygens (including phenoxy) is 3. The molecule has 0 heterocycles. The average Bonchev–Trinajstić information content (AvgIpc) is 2.73. The zero-order valence-electron chi connectivity index (χ0n) is 17.0. The number of halogens is 1. The Kier molecular flexibility index (Phi) is 7.25. The predicted molar refractivity (Wildman–Crippen MR) is 118 cm³/mol. The van der Waals surface area contributed by atoms with Gasteiger partial charge in [0, 0.05) is 12.2 Å². The van der Waals surface area contributed by atoms with Crippen LogP contribution >= 0.6 is 11.6 Å². The van der Waals surface area contributed by atoms with Crippen LogP contribution in [0.3, 0.4) is 0 Å². The van der Waals surface area contributed by atoms with E-state index in [2.05, 4.69) is 24.4 Å². The standard InChI is InChI=1S/C24H26ClNO3/c1-4-28-21-11-9-20(10-12-21)26-15-19-13-22(25)24(23(14-19)27-3)29-16-18-7-5-17(2)6-8-18/h5-14,26H,4,15-16H2,1-3H3. The number of nitrogens with one attached hydrogen (secondary N) is 1. The highest BCUT2D eigenvalue weighted by molar-refractivity contribution is 6.32. The molecule has 0 radical (unpaired) electrons. The van der Waals surface area contributed by atoms with Crippen LogP contribution in [0.1, 0.15) is 23.6 Å². The number of rotatable bonds is 9. The maximum atomic E-state index is 6.49. The second kappa shape index (κ2) is 10.1. The van der Waals surface area contributed by atoms with Gasteiger partial charge in [0.25, 0.3) is 0 Å². The van der Waals surface area contributed by atoms with Gasteiger partial charge in [0.15, 0.2) is 11.5 Å². The van der Waals surface area contributed by atoms with Crippen molar-refractivity contribution >= 4 is 17.3 Å². The maximum absolute atomic E-state index is 6.49. The van der Waals surface area contributed by atoms with Gasteiger partial charge >= 0.3 is 0 Å². The van der Waals surface area contributed by atoms with E-state index in [1.165, 1.54) is 5.56 Å². The van der Waals surface area contributed by atoms with E-state index in [1.54, 1.807) is 7.11 Å². The highest BCUT2D eigenvalue weighted by atomic mass is 35.5. The molecule has 0 spiro atoms. The molecule has 3 rings (SSSR count). The van der Waals surface area contributed by atoms with E-state index < -0.39 is 0 Å². The molecule has 0 aliphatic rings. The molecule has 1 N–H and O–H groups in total. The average molecular weight is 412 g/mol. The number of aryl methyl sites for hydroxylation is 1. The van der Waals surface area contributed by atoms with E-state index in [4.69, 9.17) is 25.8 Å². The molecule has 4 nitrogen and oxygen atoms in total. The van der Waals surface area contributed by atoms with Gasteiger partial charge in [-0.05, 0) is 61.4 Å². The normalized spacial score (nSPS) is 10.5. The summed E-state index contributed by atoms with van der Waals surface area (Å²) in [5, 5.41) is 3.91. The van der Waals surface area contributed by atoms with Gasteiger partial charge in [0.05, 0.1) is 18.7 Å². The van der Waals surface area contributed by atoms with Crippen molar-refractivity contribution in [3.63, 3.8) is 0 Å². The third-order valence-electron chi connectivity index (χ3n) is 4.45. The molecule has 0 aliphatic carbocycles. The van der Waals surface area contributed by atoms with E-state index in [9.17, 15) is 0 Å². The van der Waals surface area contributed by atoms with Gasteiger partial charge in [0.2, 0.25) is 0 Å². The van der Waals surface area contributed by atoms with Crippen LogP contribution in [0.5, 0.6) is 17.2 Å². The van der Waals surface area contributed by atoms with Crippen LogP contribution in [-0.4, -0.2) is 13.7 Å². The van der Waals surface area contributed by atoms with Crippen LogP contribution in [-0.2, 0) is 13.2 Å². The summed E-state index contributed by atoms with van der Waals surface area (Å²) in [6, 6.07) is 19.9. The van der Waals surface area contributed by atoms with Crippen molar-refractivity contribution in [2.45, 2.75) is 27.0 Å². The Hall–Kier alpha value is -2.85. The van der Waals surface area contributed by atoms with E-state index >= 15 is 0 Å². The monoisotopic (exact) mass is 411 g/mol. The van der Waals surface area contributed by atoms with Gasteiger partial charge in [-0.1, -0.05) is 41.4 Å². The van der Waals surface area contributed by atoms with Crippen molar-refractivity contribution in [3.8, 4) is 17.2 Å². The lowest BCUT2D eigenvalue weighted by molar-refractivity contribution is 0.284. The highest BCUT2D eigenvalue weighted by Gasteiger charge is 2.12. The fourth-order valence-corrected chi connectivity index (χ4v) is 3.18. The largest absolute Gasteiger partial charge is 0.494 e. The molecule has 0 fully saturated rings. The Bertz CT molecular complexity index is 924. The molecule has 3 aromatic carbocycles. The molecule has 152 valence electrons. The summed E-state index contributed by atoms with van der Waals surface area (Å²) >= 11 is 6.49. The Morgan fingerprint density at radius 3 is 2.28 bits per heavy atom. The topological polar surface area (TPSA) is 39.7 Å². The van der Waals surface area contributed by atoms with Crippen molar-refractivity contribution in [1.29, 1.82) is 0 Å². The molecule has 0 unspecified atom stereocenters. The van der Waals surface area contributed by atoms with Crippen molar-refractivity contribution in [2.75, 3.05) is 19.0 Å². The summed E-state index contributed by atoms with van der Waals surface area (Å²) in [6.07, 6.45) is 0. The molecule has 0 amide bonds. The van der Waals surface area contributed by atoms with Gasteiger partial charge in [-0.15, -0.1) is 0 Å². The Morgan fingerprint density at radius 2 is 1.62 bits per heavy atom. The lowest BCUT2D eigenvalue weighted by Crippen LogP contribution is -2.03. The summed E-state index contributed by atoms with van der Waals surface area (Å²) in [6.45, 7) is 5.73. The second-order valence-electron chi connectivity index (χ2n) is 6.69. The highest BCUT2D eigenvalue weighted by Crippen LogP contribution is 2.37. The molecule has 29 heavy (non-hydrogen) atoms. The molecule has 0 saturated carbocycles. The fraction of sp³-hybridized carbons (Fsp3) is 0.250. The number of hydrogen-bond acceptors (Lipinski definition) is 4.